The summed E-state index contributed by atoms with van der Waals surface area (Å²) in [4.78, 5) is 4.06. The van der Waals surface area contributed by atoms with Crippen molar-refractivity contribution < 1.29 is 9.47 Å². The Labute approximate surface area is 140 Å². The highest BCUT2D eigenvalue weighted by molar-refractivity contribution is 6.35. The standard InChI is InChI=1S/C16H18Cl2N2O2/c1-12-10-21-16(22-12,4-6-20-7-5-19-11-20)9-13-2-3-14(17)8-15(13)18/h2-3,5,7-8,11-12H,4,6,9-10H2,1H3. The molecule has 0 N–H and O–H groups in total. The molecule has 2 unspecified atom stereocenters. The van der Waals surface area contributed by atoms with E-state index in [9.17, 15) is 0 Å². The number of hydrogen-bond acceptors (Lipinski definition) is 3. The summed E-state index contributed by atoms with van der Waals surface area (Å²) in [6, 6.07) is 5.52. The molecule has 4 nitrogen and oxygen atoms in total. The van der Waals surface area contributed by atoms with Crippen LogP contribution in [0.15, 0.2) is 36.9 Å². The van der Waals surface area contributed by atoms with Gasteiger partial charge in [0.2, 0.25) is 0 Å². The first-order valence-corrected chi connectivity index (χ1v) is 8.03. The third-order valence-corrected chi connectivity index (χ3v) is 4.37. The lowest BCUT2D eigenvalue weighted by atomic mass is 10.0. The average Bonchev–Trinajstić information content (AvgIpc) is 3.11. The maximum absolute atomic E-state index is 6.30. The van der Waals surface area contributed by atoms with Crippen LogP contribution in [0.25, 0.3) is 0 Å². The molecule has 1 saturated heterocycles. The Morgan fingerprint density at radius 3 is 2.91 bits per heavy atom. The number of rotatable bonds is 5. The highest BCUT2D eigenvalue weighted by Crippen LogP contribution is 2.34. The van der Waals surface area contributed by atoms with E-state index < -0.39 is 5.79 Å². The molecule has 3 rings (SSSR count). The van der Waals surface area contributed by atoms with E-state index >= 15 is 0 Å². The molecule has 2 atom stereocenters. The minimum Gasteiger partial charge on any atom is -0.347 e. The van der Waals surface area contributed by atoms with Crippen LogP contribution in [0, 0.1) is 0 Å². The van der Waals surface area contributed by atoms with Gasteiger partial charge >= 0.3 is 0 Å². The third-order valence-electron chi connectivity index (χ3n) is 3.78. The van der Waals surface area contributed by atoms with Crippen LogP contribution in [0.4, 0.5) is 0 Å². The van der Waals surface area contributed by atoms with Crippen LogP contribution < -0.4 is 0 Å². The average molecular weight is 341 g/mol. The van der Waals surface area contributed by atoms with Crippen LogP contribution in [-0.2, 0) is 22.4 Å². The zero-order chi connectivity index (χ0) is 15.6. The van der Waals surface area contributed by atoms with Crippen LogP contribution in [-0.4, -0.2) is 28.0 Å². The predicted octanol–water partition coefficient (Wildman–Crippen LogP) is 3.95. The minimum atomic E-state index is -0.652. The summed E-state index contributed by atoms with van der Waals surface area (Å²) in [5.74, 6) is -0.652. The summed E-state index contributed by atoms with van der Waals surface area (Å²) in [5.41, 5.74) is 0.978. The van der Waals surface area contributed by atoms with Gasteiger partial charge in [-0.05, 0) is 24.6 Å². The van der Waals surface area contributed by atoms with Gasteiger partial charge in [0.15, 0.2) is 5.79 Å². The van der Waals surface area contributed by atoms with Crippen LogP contribution in [0.3, 0.4) is 0 Å². The largest absolute Gasteiger partial charge is 0.347 e. The van der Waals surface area contributed by atoms with Crippen molar-refractivity contribution in [3.8, 4) is 0 Å². The van der Waals surface area contributed by atoms with Crippen LogP contribution >= 0.6 is 23.2 Å². The molecule has 0 aliphatic carbocycles. The molecule has 0 bridgehead atoms. The summed E-state index contributed by atoms with van der Waals surface area (Å²) >= 11 is 12.3. The summed E-state index contributed by atoms with van der Waals surface area (Å²) in [6.07, 6.45) is 6.90. The van der Waals surface area contributed by atoms with E-state index in [0.29, 0.717) is 23.1 Å². The minimum absolute atomic E-state index is 0.0777. The lowest BCUT2D eigenvalue weighted by Gasteiger charge is -2.28. The van der Waals surface area contributed by atoms with E-state index in [1.54, 1.807) is 18.6 Å². The van der Waals surface area contributed by atoms with Crippen molar-refractivity contribution in [1.29, 1.82) is 0 Å². The molecule has 6 heteroatoms. The molecule has 1 aliphatic rings. The van der Waals surface area contributed by atoms with E-state index in [2.05, 4.69) is 4.98 Å². The van der Waals surface area contributed by atoms with Crippen molar-refractivity contribution in [2.24, 2.45) is 0 Å². The molecule has 0 spiro atoms. The maximum Gasteiger partial charge on any atom is 0.174 e. The molecule has 2 heterocycles. The molecule has 1 aliphatic heterocycles. The number of aromatic nitrogens is 2. The predicted molar refractivity (Wildman–Crippen MR) is 86.2 cm³/mol. The fourth-order valence-electron chi connectivity index (χ4n) is 2.69. The van der Waals surface area contributed by atoms with Gasteiger partial charge in [0.1, 0.15) is 0 Å². The van der Waals surface area contributed by atoms with Gasteiger partial charge in [-0.1, -0.05) is 29.3 Å². The zero-order valence-corrected chi connectivity index (χ0v) is 13.8. The second kappa shape index (κ2) is 6.59. The quantitative estimate of drug-likeness (QED) is 0.826. The zero-order valence-electron chi connectivity index (χ0n) is 12.3. The van der Waals surface area contributed by atoms with E-state index in [1.807, 2.05) is 29.8 Å². The summed E-state index contributed by atoms with van der Waals surface area (Å²) < 4.78 is 14.1. The van der Waals surface area contributed by atoms with Gasteiger partial charge in [-0.25, -0.2) is 4.98 Å². The topological polar surface area (TPSA) is 36.3 Å². The SMILES string of the molecule is CC1COC(CCn2ccnc2)(Cc2ccc(Cl)cc2Cl)O1. The summed E-state index contributed by atoms with van der Waals surface area (Å²) in [6.45, 7) is 3.38. The van der Waals surface area contributed by atoms with E-state index in [0.717, 1.165) is 18.5 Å². The van der Waals surface area contributed by atoms with Crippen LogP contribution in [0.2, 0.25) is 10.0 Å². The first-order valence-electron chi connectivity index (χ1n) is 7.28. The molecule has 22 heavy (non-hydrogen) atoms. The van der Waals surface area contributed by atoms with Gasteiger partial charge in [-0.2, -0.15) is 0 Å². The Hall–Kier alpha value is -1.07. The highest BCUT2D eigenvalue weighted by atomic mass is 35.5. The van der Waals surface area contributed by atoms with Crippen molar-refractivity contribution in [1.82, 2.24) is 9.55 Å². The second-order valence-electron chi connectivity index (χ2n) is 5.61. The molecule has 0 radical (unpaired) electrons. The number of benzene rings is 1. The van der Waals surface area contributed by atoms with Gasteiger partial charge in [-0.15, -0.1) is 0 Å². The Kier molecular flexibility index (Phi) is 4.73. The van der Waals surface area contributed by atoms with E-state index in [1.165, 1.54) is 0 Å². The van der Waals surface area contributed by atoms with Gasteiger partial charge in [0.25, 0.3) is 0 Å². The molecular formula is C16H18Cl2N2O2. The fraction of sp³-hybridized carbons (Fsp3) is 0.438. The molecule has 2 aromatic rings. The monoisotopic (exact) mass is 340 g/mol. The van der Waals surface area contributed by atoms with E-state index in [4.69, 9.17) is 32.7 Å². The number of hydrogen-bond donors (Lipinski definition) is 0. The number of halogens is 2. The maximum atomic E-state index is 6.30. The Morgan fingerprint density at radius 1 is 1.41 bits per heavy atom. The van der Waals surface area contributed by atoms with E-state index in [-0.39, 0.29) is 6.10 Å². The first-order chi connectivity index (χ1) is 10.6. The van der Waals surface area contributed by atoms with Crippen molar-refractivity contribution >= 4 is 23.2 Å². The van der Waals surface area contributed by atoms with Crippen molar-refractivity contribution in [3.05, 3.63) is 52.5 Å². The molecule has 0 amide bonds. The molecule has 1 aromatic heterocycles. The van der Waals surface area contributed by atoms with Crippen molar-refractivity contribution in [3.63, 3.8) is 0 Å². The Balaban J connectivity index is 1.77. The van der Waals surface area contributed by atoms with Gasteiger partial charge in [0.05, 0.1) is 19.0 Å². The fourth-order valence-corrected chi connectivity index (χ4v) is 3.17. The van der Waals surface area contributed by atoms with Crippen LogP contribution in [0.5, 0.6) is 0 Å². The lowest BCUT2D eigenvalue weighted by molar-refractivity contribution is -0.171. The number of imidazole rings is 1. The van der Waals surface area contributed by atoms with Crippen LogP contribution in [0.1, 0.15) is 18.9 Å². The normalized spacial score (nSPS) is 24.8. The number of ether oxygens (including phenoxy) is 2. The van der Waals surface area contributed by atoms with Gasteiger partial charge < -0.3 is 14.0 Å². The summed E-state index contributed by atoms with van der Waals surface area (Å²) in [5, 5.41) is 1.27. The summed E-state index contributed by atoms with van der Waals surface area (Å²) in [7, 11) is 0. The molecular weight excluding hydrogens is 323 g/mol. The number of nitrogens with zero attached hydrogens (tertiary/aromatic N) is 2. The smallest absolute Gasteiger partial charge is 0.174 e. The third kappa shape index (κ3) is 3.63. The highest BCUT2D eigenvalue weighted by Gasteiger charge is 2.40. The van der Waals surface area contributed by atoms with Crippen molar-refractivity contribution in [2.45, 2.75) is 38.2 Å². The molecule has 0 saturated carbocycles. The second-order valence-corrected chi connectivity index (χ2v) is 6.46. The Bertz CT molecular complexity index is 633. The first kappa shape index (κ1) is 15.8. The Morgan fingerprint density at radius 2 is 2.27 bits per heavy atom. The number of aryl methyl sites for hydroxylation is 1. The molecule has 118 valence electrons. The van der Waals surface area contributed by atoms with Crippen molar-refractivity contribution in [2.75, 3.05) is 6.61 Å². The molecule has 1 fully saturated rings. The van der Waals surface area contributed by atoms with Gasteiger partial charge in [-0.3, -0.25) is 0 Å². The van der Waals surface area contributed by atoms with Gasteiger partial charge in [0, 0.05) is 41.8 Å². The lowest BCUT2D eigenvalue weighted by Crippen LogP contribution is -2.35. The molecule has 1 aromatic carbocycles.